The van der Waals surface area contributed by atoms with E-state index in [2.05, 4.69) is 10.3 Å². The van der Waals surface area contributed by atoms with E-state index in [9.17, 15) is 4.79 Å². The van der Waals surface area contributed by atoms with Crippen LogP contribution < -0.4 is 15.8 Å². The van der Waals surface area contributed by atoms with Crippen molar-refractivity contribution in [2.45, 2.75) is 19.4 Å². The molecule has 0 bridgehead atoms. The lowest BCUT2D eigenvalue weighted by molar-refractivity contribution is -0.119. The number of primary amides is 1. The number of nitrogens with two attached hydrogens (primary N) is 1. The van der Waals surface area contributed by atoms with Gasteiger partial charge < -0.3 is 25.4 Å². The molecule has 0 aromatic heterocycles. The van der Waals surface area contributed by atoms with Crippen molar-refractivity contribution in [1.29, 1.82) is 0 Å². The van der Waals surface area contributed by atoms with Crippen LogP contribution in [0.25, 0.3) is 0 Å². The Morgan fingerprint density at radius 3 is 2.85 bits per heavy atom. The number of nitrogens with one attached hydrogen (secondary N) is 1. The molecule has 26 heavy (non-hydrogen) atoms. The maximum Gasteiger partial charge on any atom is 0.255 e. The number of hydrogen-bond donors (Lipinski definition) is 2. The summed E-state index contributed by atoms with van der Waals surface area (Å²) in [5.41, 5.74) is 6.12. The molecule has 8 heteroatoms. The van der Waals surface area contributed by atoms with Gasteiger partial charge in [-0.1, -0.05) is 12.1 Å². The minimum absolute atomic E-state index is 0. The van der Waals surface area contributed by atoms with Gasteiger partial charge in [0.1, 0.15) is 5.75 Å². The minimum Gasteiger partial charge on any atom is -0.484 e. The highest BCUT2D eigenvalue weighted by atomic mass is 127. The predicted octanol–water partition coefficient (Wildman–Crippen LogP) is 1.60. The number of aliphatic imine (C=N–C) groups is 1. The van der Waals surface area contributed by atoms with E-state index in [1.807, 2.05) is 30.1 Å². The number of carbonyl (C=O) groups excluding carboxylic acids is 1. The highest BCUT2D eigenvalue weighted by Crippen LogP contribution is 2.28. The molecule has 0 radical (unpaired) electrons. The summed E-state index contributed by atoms with van der Waals surface area (Å²) in [7, 11) is 3.75. The van der Waals surface area contributed by atoms with Gasteiger partial charge in [0.2, 0.25) is 0 Å². The van der Waals surface area contributed by atoms with E-state index >= 15 is 0 Å². The van der Waals surface area contributed by atoms with Gasteiger partial charge in [-0.15, -0.1) is 24.0 Å². The third-order valence-electron chi connectivity index (χ3n) is 3.93. The Bertz CT molecular complexity index is 594. The quantitative estimate of drug-likeness (QED) is 0.232. The number of carbonyl (C=O) groups is 1. The lowest BCUT2D eigenvalue weighted by Crippen LogP contribution is -2.40. The number of rotatable bonds is 10. The largest absolute Gasteiger partial charge is 0.484 e. The van der Waals surface area contributed by atoms with E-state index in [1.165, 1.54) is 12.8 Å². The molecule has 2 rings (SSSR count). The molecule has 0 atom stereocenters. The summed E-state index contributed by atoms with van der Waals surface area (Å²) >= 11 is 0. The van der Waals surface area contributed by atoms with Crippen LogP contribution in [0.15, 0.2) is 29.3 Å². The van der Waals surface area contributed by atoms with Gasteiger partial charge in [-0.05, 0) is 36.5 Å². The molecule has 1 aliphatic carbocycles. The summed E-state index contributed by atoms with van der Waals surface area (Å²) in [6, 6.07) is 7.54. The second-order valence-electron chi connectivity index (χ2n) is 6.24. The van der Waals surface area contributed by atoms with Gasteiger partial charge in [0.15, 0.2) is 12.6 Å². The summed E-state index contributed by atoms with van der Waals surface area (Å²) in [5, 5.41) is 3.31. The van der Waals surface area contributed by atoms with Crippen LogP contribution in [0.4, 0.5) is 0 Å². The average Bonchev–Trinajstić information content (AvgIpc) is 3.42. The van der Waals surface area contributed by atoms with Crippen molar-refractivity contribution in [3.8, 4) is 5.75 Å². The summed E-state index contributed by atoms with van der Waals surface area (Å²) in [6.07, 6.45) is 2.61. The number of hydrogen-bond acceptors (Lipinski definition) is 4. The van der Waals surface area contributed by atoms with E-state index in [4.69, 9.17) is 15.2 Å². The van der Waals surface area contributed by atoms with Crippen molar-refractivity contribution in [3.63, 3.8) is 0 Å². The Balaban J connectivity index is 0.00000338. The fraction of sp³-hybridized carbons (Fsp3) is 0.556. The van der Waals surface area contributed by atoms with Crippen LogP contribution >= 0.6 is 24.0 Å². The summed E-state index contributed by atoms with van der Waals surface area (Å²) in [5.74, 6) is 1.72. The zero-order valence-electron chi connectivity index (χ0n) is 15.4. The first-order valence-electron chi connectivity index (χ1n) is 8.58. The number of halogens is 1. The second-order valence-corrected chi connectivity index (χ2v) is 6.24. The Labute approximate surface area is 172 Å². The molecule has 1 aromatic carbocycles. The molecule has 0 spiro atoms. The number of amides is 1. The van der Waals surface area contributed by atoms with Crippen molar-refractivity contribution in [3.05, 3.63) is 29.8 Å². The molecule has 0 heterocycles. The molecule has 0 saturated heterocycles. The van der Waals surface area contributed by atoms with Gasteiger partial charge in [-0.3, -0.25) is 9.79 Å². The third-order valence-corrected chi connectivity index (χ3v) is 3.93. The average molecular weight is 476 g/mol. The van der Waals surface area contributed by atoms with Gasteiger partial charge in [0.25, 0.3) is 5.91 Å². The first kappa shape index (κ1) is 22.5. The molecule has 1 saturated carbocycles. The van der Waals surface area contributed by atoms with Gasteiger partial charge in [-0.25, -0.2) is 0 Å². The lowest BCUT2D eigenvalue weighted by Gasteiger charge is -2.22. The first-order chi connectivity index (χ1) is 12.1. The maximum absolute atomic E-state index is 10.8. The van der Waals surface area contributed by atoms with Crippen molar-refractivity contribution >= 4 is 35.8 Å². The zero-order valence-corrected chi connectivity index (χ0v) is 17.8. The third kappa shape index (κ3) is 8.70. The number of benzene rings is 1. The molecule has 0 unspecified atom stereocenters. The van der Waals surface area contributed by atoms with E-state index in [-0.39, 0.29) is 30.6 Å². The number of ether oxygens (including phenoxy) is 2. The van der Waals surface area contributed by atoms with Crippen LogP contribution in [0.2, 0.25) is 0 Å². The molecular weight excluding hydrogens is 447 g/mol. The molecule has 0 aliphatic heterocycles. The SMILES string of the molecule is CN=C(NCc1cccc(OCC(N)=O)c1)N(C)CCOCC1CC1.I. The highest BCUT2D eigenvalue weighted by Gasteiger charge is 2.21. The minimum atomic E-state index is -0.491. The van der Waals surface area contributed by atoms with E-state index < -0.39 is 5.91 Å². The predicted molar refractivity (Wildman–Crippen MR) is 113 cm³/mol. The topological polar surface area (TPSA) is 89.2 Å². The monoisotopic (exact) mass is 476 g/mol. The van der Waals surface area contributed by atoms with Crippen LogP contribution in [0, 0.1) is 5.92 Å². The van der Waals surface area contributed by atoms with Crippen molar-refractivity contribution < 1.29 is 14.3 Å². The normalized spacial score (nSPS) is 13.7. The Morgan fingerprint density at radius 2 is 2.19 bits per heavy atom. The fourth-order valence-electron chi connectivity index (χ4n) is 2.31. The summed E-state index contributed by atoms with van der Waals surface area (Å²) < 4.78 is 11.0. The van der Waals surface area contributed by atoms with Crippen LogP contribution in [0.3, 0.4) is 0 Å². The standard InChI is InChI=1S/C18H28N4O3.HI/c1-20-18(22(2)8-9-24-12-14-6-7-14)21-11-15-4-3-5-16(10-15)25-13-17(19)23;/h3-5,10,14H,6-9,11-13H2,1-2H3,(H2,19,23)(H,20,21);1H. The molecule has 1 aliphatic rings. The molecule has 1 amide bonds. The first-order valence-corrected chi connectivity index (χ1v) is 8.58. The summed E-state index contributed by atoms with van der Waals surface area (Å²) in [6.45, 7) is 2.84. The molecule has 7 nitrogen and oxygen atoms in total. The highest BCUT2D eigenvalue weighted by molar-refractivity contribution is 14.0. The molecular formula is C18H29IN4O3. The molecule has 146 valence electrons. The van der Waals surface area contributed by atoms with Gasteiger partial charge in [-0.2, -0.15) is 0 Å². The van der Waals surface area contributed by atoms with Gasteiger partial charge >= 0.3 is 0 Å². The Kier molecular flexibility index (Phi) is 10.3. The summed E-state index contributed by atoms with van der Waals surface area (Å²) in [4.78, 5) is 17.1. The molecule has 1 fully saturated rings. The second kappa shape index (κ2) is 11.9. The van der Waals surface area contributed by atoms with Crippen LogP contribution in [-0.2, 0) is 16.1 Å². The van der Waals surface area contributed by atoms with Crippen LogP contribution in [0.5, 0.6) is 5.75 Å². The fourth-order valence-corrected chi connectivity index (χ4v) is 2.31. The van der Waals surface area contributed by atoms with E-state index in [1.54, 1.807) is 13.1 Å². The van der Waals surface area contributed by atoms with Crippen molar-refractivity contribution in [2.24, 2.45) is 16.6 Å². The maximum atomic E-state index is 10.8. The van der Waals surface area contributed by atoms with Gasteiger partial charge in [0.05, 0.1) is 6.61 Å². The van der Waals surface area contributed by atoms with Crippen molar-refractivity contribution in [1.82, 2.24) is 10.2 Å². The van der Waals surface area contributed by atoms with E-state index in [0.717, 1.165) is 30.6 Å². The Morgan fingerprint density at radius 1 is 1.42 bits per heavy atom. The lowest BCUT2D eigenvalue weighted by atomic mass is 10.2. The number of guanidine groups is 1. The zero-order chi connectivity index (χ0) is 18.1. The Hall–Kier alpha value is -1.55. The van der Waals surface area contributed by atoms with Gasteiger partial charge in [0, 0.05) is 33.8 Å². The number of nitrogens with zero attached hydrogens (tertiary/aromatic N) is 2. The van der Waals surface area contributed by atoms with Crippen molar-refractivity contribution in [2.75, 3.05) is 40.5 Å². The molecule has 1 aromatic rings. The molecule has 3 N–H and O–H groups in total. The van der Waals surface area contributed by atoms with E-state index in [0.29, 0.717) is 18.9 Å². The number of likely N-dealkylation sites (N-methyl/N-ethyl adjacent to an activating group) is 1. The van der Waals surface area contributed by atoms with Crippen LogP contribution in [0.1, 0.15) is 18.4 Å². The smallest absolute Gasteiger partial charge is 0.255 e. The van der Waals surface area contributed by atoms with Crippen LogP contribution in [-0.4, -0.2) is 57.2 Å².